The van der Waals surface area contributed by atoms with Gasteiger partial charge in [-0.15, -0.1) is 0 Å². The summed E-state index contributed by atoms with van der Waals surface area (Å²) in [7, 11) is -3.66. The fourth-order valence-electron chi connectivity index (χ4n) is 2.25. The van der Waals surface area contributed by atoms with Gasteiger partial charge >= 0.3 is 0 Å². The van der Waals surface area contributed by atoms with E-state index < -0.39 is 15.6 Å². The van der Waals surface area contributed by atoms with Gasteiger partial charge in [-0.3, -0.25) is 4.79 Å². The Balaban J connectivity index is 2.12. The van der Waals surface area contributed by atoms with Gasteiger partial charge in [0.25, 0.3) is 0 Å². The van der Waals surface area contributed by atoms with Gasteiger partial charge in [0.2, 0.25) is 0 Å². The van der Waals surface area contributed by atoms with Crippen molar-refractivity contribution in [2.45, 2.75) is 23.7 Å². The highest BCUT2D eigenvalue weighted by Crippen LogP contribution is 2.42. The molecule has 116 valence electrons. The topological polar surface area (TPSA) is 77.2 Å². The van der Waals surface area contributed by atoms with E-state index >= 15 is 0 Å². The van der Waals surface area contributed by atoms with Crippen LogP contribution in [0.4, 0.5) is 0 Å². The Labute approximate surface area is 137 Å². The largest absolute Gasteiger partial charge is 0.360 e. The quantitative estimate of drug-likeness (QED) is 0.780. The van der Waals surface area contributed by atoms with Crippen molar-refractivity contribution in [3.05, 3.63) is 45.3 Å². The summed E-state index contributed by atoms with van der Waals surface area (Å²) in [6.45, 7) is 0. The zero-order valence-electron chi connectivity index (χ0n) is 11.5. The zero-order valence-corrected chi connectivity index (χ0v) is 13.8. The molecule has 1 aliphatic rings. The second kappa shape index (κ2) is 5.37. The maximum atomic E-state index is 12.6. The van der Waals surface area contributed by atoms with E-state index in [-0.39, 0.29) is 26.4 Å². The zero-order chi connectivity index (χ0) is 16.1. The fourth-order valence-corrected chi connectivity index (χ4v) is 4.41. The van der Waals surface area contributed by atoms with Gasteiger partial charge < -0.3 is 4.52 Å². The molecule has 0 N–H and O–H groups in total. The van der Waals surface area contributed by atoms with Gasteiger partial charge in [-0.2, -0.15) is 0 Å². The summed E-state index contributed by atoms with van der Waals surface area (Å²) in [6.07, 6.45) is 4.21. The number of nitrogens with zero attached hydrogens (tertiary/aromatic N) is 1. The van der Waals surface area contributed by atoms with Crippen molar-refractivity contribution in [1.29, 1.82) is 0 Å². The molecule has 2 aromatic rings. The smallest absolute Gasteiger partial charge is 0.199 e. The minimum atomic E-state index is -3.66. The summed E-state index contributed by atoms with van der Waals surface area (Å²) < 4.78 is 28.8. The summed E-state index contributed by atoms with van der Waals surface area (Å²) in [6, 6.07) is 2.76. The molecule has 1 fully saturated rings. The molecule has 8 heteroatoms. The minimum Gasteiger partial charge on any atom is -0.360 e. The van der Waals surface area contributed by atoms with E-state index in [1.54, 1.807) is 0 Å². The standard InChI is InChI=1S/C14H11Cl2NO4S/c1-22(19,20)14-10(15)5-4-8(11(14)16)12(18)9-6-17-21-13(9)7-2-3-7/h4-7H,2-3H2,1H3. The maximum absolute atomic E-state index is 12.6. The third kappa shape index (κ3) is 2.66. The van der Waals surface area contributed by atoms with Crippen molar-refractivity contribution in [1.82, 2.24) is 5.16 Å². The van der Waals surface area contributed by atoms with Crippen molar-refractivity contribution in [2.24, 2.45) is 0 Å². The predicted octanol–water partition coefficient (Wildman–Crippen LogP) is 3.49. The summed E-state index contributed by atoms with van der Waals surface area (Å²) in [5.74, 6) is 0.300. The normalized spacial score (nSPS) is 15.0. The Hall–Kier alpha value is -1.37. The average Bonchev–Trinajstić information content (AvgIpc) is 3.14. The monoisotopic (exact) mass is 359 g/mol. The van der Waals surface area contributed by atoms with Crippen LogP contribution in [-0.2, 0) is 9.84 Å². The van der Waals surface area contributed by atoms with E-state index in [2.05, 4.69) is 5.16 Å². The molecule has 0 saturated heterocycles. The highest BCUT2D eigenvalue weighted by molar-refractivity contribution is 7.91. The summed E-state index contributed by atoms with van der Waals surface area (Å²) in [4.78, 5) is 12.4. The first kappa shape index (κ1) is 15.5. The van der Waals surface area contributed by atoms with Gasteiger partial charge in [0.15, 0.2) is 21.4 Å². The number of carbonyl (C=O) groups is 1. The Morgan fingerprint density at radius 2 is 1.95 bits per heavy atom. The lowest BCUT2D eigenvalue weighted by molar-refractivity contribution is 0.103. The van der Waals surface area contributed by atoms with E-state index in [1.807, 2.05) is 0 Å². The molecular weight excluding hydrogens is 349 g/mol. The lowest BCUT2D eigenvalue weighted by Crippen LogP contribution is -2.08. The molecule has 0 aliphatic heterocycles. The van der Waals surface area contributed by atoms with Crippen LogP contribution in [0.15, 0.2) is 27.7 Å². The first-order valence-electron chi connectivity index (χ1n) is 6.48. The van der Waals surface area contributed by atoms with Crippen LogP contribution in [0, 0.1) is 0 Å². The molecule has 3 rings (SSSR count). The molecule has 0 unspecified atom stereocenters. The molecule has 0 radical (unpaired) electrons. The Morgan fingerprint density at radius 3 is 2.55 bits per heavy atom. The van der Waals surface area contributed by atoms with Crippen LogP contribution in [0.2, 0.25) is 10.0 Å². The number of aromatic nitrogens is 1. The third-order valence-corrected chi connectivity index (χ3v) is 5.55. The van der Waals surface area contributed by atoms with Crippen molar-refractivity contribution in [2.75, 3.05) is 6.26 Å². The number of hydrogen-bond acceptors (Lipinski definition) is 5. The highest BCUT2D eigenvalue weighted by atomic mass is 35.5. The van der Waals surface area contributed by atoms with Crippen molar-refractivity contribution in [3.63, 3.8) is 0 Å². The molecule has 22 heavy (non-hydrogen) atoms. The number of halogens is 2. The lowest BCUT2D eigenvalue weighted by Gasteiger charge is -2.09. The van der Waals surface area contributed by atoms with Crippen LogP contribution < -0.4 is 0 Å². The number of hydrogen-bond donors (Lipinski definition) is 0. The Bertz CT molecular complexity index is 869. The second-order valence-corrected chi connectivity index (χ2v) is 7.96. The van der Waals surface area contributed by atoms with E-state index in [4.69, 9.17) is 27.7 Å². The first-order valence-corrected chi connectivity index (χ1v) is 9.12. The van der Waals surface area contributed by atoms with E-state index in [9.17, 15) is 13.2 Å². The third-order valence-electron chi connectivity index (χ3n) is 3.46. The molecular formula is C14H11Cl2NO4S. The molecule has 5 nitrogen and oxygen atoms in total. The van der Waals surface area contributed by atoms with Gasteiger partial charge in [0, 0.05) is 17.7 Å². The van der Waals surface area contributed by atoms with Crippen LogP contribution in [0.1, 0.15) is 40.4 Å². The second-order valence-electron chi connectivity index (χ2n) is 5.22. The van der Waals surface area contributed by atoms with Crippen LogP contribution in [0.3, 0.4) is 0 Å². The molecule has 1 aliphatic carbocycles. The van der Waals surface area contributed by atoms with Crippen molar-refractivity contribution < 1.29 is 17.7 Å². The molecule has 0 spiro atoms. The van der Waals surface area contributed by atoms with Crippen LogP contribution in [-0.4, -0.2) is 25.6 Å². The molecule has 0 atom stereocenters. The van der Waals surface area contributed by atoms with E-state index in [0.717, 1.165) is 19.1 Å². The van der Waals surface area contributed by atoms with Crippen LogP contribution in [0.25, 0.3) is 0 Å². The van der Waals surface area contributed by atoms with Gasteiger partial charge in [-0.05, 0) is 25.0 Å². The van der Waals surface area contributed by atoms with Crippen LogP contribution in [0.5, 0.6) is 0 Å². The molecule has 0 bridgehead atoms. The predicted molar refractivity (Wildman–Crippen MR) is 81.5 cm³/mol. The molecule has 1 aromatic carbocycles. The fraction of sp³-hybridized carbons (Fsp3) is 0.286. The van der Waals surface area contributed by atoms with Gasteiger partial charge in [-0.25, -0.2) is 8.42 Å². The van der Waals surface area contributed by atoms with Gasteiger partial charge in [0.1, 0.15) is 4.90 Å². The van der Waals surface area contributed by atoms with Crippen molar-refractivity contribution in [3.8, 4) is 0 Å². The number of rotatable bonds is 4. The Morgan fingerprint density at radius 1 is 1.27 bits per heavy atom. The molecule has 1 saturated carbocycles. The summed E-state index contributed by atoms with van der Waals surface area (Å²) >= 11 is 12.0. The SMILES string of the molecule is CS(=O)(=O)c1c(Cl)ccc(C(=O)c2cnoc2C2CC2)c1Cl. The van der Waals surface area contributed by atoms with Crippen molar-refractivity contribution >= 4 is 38.8 Å². The summed E-state index contributed by atoms with van der Waals surface area (Å²) in [5.41, 5.74) is 0.378. The van der Waals surface area contributed by atoms with Gasteiger partial charge in [-0.1, -0.05) is 28.4 Å². The van der Waals surface area contributed by atoms with Crippen LogP contribution >= 0.6 is 23.2 Å². The highest BCUT2D eigenvalue weighted by Gasteiger charge is 2.33. The number of carbonyl (C=O) groups excluding carboxylic acids is 1. The molecule has 0 amide bonds. The first-order chi connectivity index (χ1) is 10.3. The molecule has 1 aromatic heterocycles. The van der Waals surface area contributed by atoms with Gasteiger partial charge in [0.05, 0.1) is 21.8 Å². The number of benzene rings is 1. The minimum absolute atomic E-state index is 0.0169. The number of ketones is 1. The Kier molecular flexibility index (Phi) is 3.79. The lowest BCUT2D eigenvalue weighted by atomic mass is 10.0. The van der Waals surface area contributed by atoms with E-state index in [1.165, 1.54) is 18.3 Å². The number of sulfone groups is 1. The van der Waals surface area contributed by atoms with E-state index in [0.29, 0.717) is 11.3 Å². The average molecular weight is 360 g/mol. The summed E-state index contributed by atoms with van der Waals surface area (Å²) in [5, 5.41) is 3.47. The maximum Gasteiger partial charge on any atom is 0.199 e. The molecule has 1 heterocycles.